The van der Waals surface area contributed by atoms with Gasteiger partial charge in [-0.3, -0.25) is 38.9 Å². The van der Waals surface area contributed by atoms with Crippen LogP contribution in [-0.4, -0.2) is 209 Å². The number of sulfonamides is 2. The summed E-state index contributed by atoms with van der Waals surface area (Å²) >= 11 is 0. The van der Waals surface area contributed by atoms with Crippen LogP contribution < -0.4 is 10.6 Å². The predicted molar refractivity (Wildman–Crippen MR) is 483 cm³/mol. The topological polar surface area (TPSA) is 182 Å². The van der Waals surface area contributed by atoms with E-state index in [0.29, 0.717) is 85.1 Å². The van der Waals surface area contributed by atoms with Gasteiger partial charge in [0.1, 0.15) is 12.9 Å². The first-order chi connectivity index (χ1) is 56.2. The van der Waals surface area contributed by atoms with Crippen LogP contribution in [-0.2, 0) is 55.0 Å². The van der Waals surface area contributed by atoms with Crippen LogP contribution in [0.2, 0.25) is 0 Å². The molecule has 117 heavy (non-hydrogen) atoms. The second-order valence-corrected chi connectivity index (χ2v) is 40.9. The van der Waals surface area contributed by atoms with Gasteiger partial charge in [0, 0.05) is 86.6 Å². The maximum Gasteiger partial charge on any atom is 0.307 e. The van der Waals surface area contributed by atoms with Gasteiger partial charge in [-0.15, -0.1) is 0 Å². The van der Waals surface area contributed by atoms with E-state index in [1.54, 1.807) is 53.6 Å². The summed E-state index contributed by atoms with van der Waals surface area (Å²) in [7, 11) is -9.86. The Bertz CT molecular complexity index is 3900. The van der Waals surface area contributed by atoms with Crippen molar-refractivity contribution in [3.63, 3.8) is 0 Å². The molecule has 0 spiro atoms. The number of hydrogen-bond donors (Lipinski definition) is 0. The number of benzene rings is 5. The van der Waals surface area contributed by atoms with Crippen molar-refractivity contribution in [1.82, 2.24) is 33.1 Å². The van der Waals surface area contributed by atoms with Crippen molar-refractivity contribution < 1.29 is 45.3 Å². The number of nitrogens with zero attached hydrogens (tertiary/aromatic N) is 8. The number of esters is 2. The molecule has 5 fully saturated rings. The minimum Gasteiger partial charge on any atom is -0.466 e. The number of likely N-dealkylation sites (tertiary alicyclic amines) is 3. The largest absolute Gasteiger partial charge is 0.466 e. The van der Waals surface area contributed by atoms with Crippen LogP contribution in [0.3, 0.4) is 0 Å². The Morgan fingerprint density at radius 2 is 0.829 bits per heavy atom. The average Bonchev–Trinajstić information content (AvgIpc) is 1.13. The van der Waals surface area contributed by atoms with E-state index in [4.69, 9.17) is 16.0 Å². The summed E-state index contributed by atoms with van der Waals surface area (Å²) in [5.41, 5.74) is 4.80. The summed E-state index contributed by atoms with van der Waals surface area (Å²) < 4.78 is 81.2. The van der Waals surface area contributed by atoms with Gasteiger partial charge in [-0.25, -0.2) is 23.4 Å². The quantitative estimate of drug-likeness (QED) is 0.0232. The lowest BCUT2D eigenvalue weighted by molar-refractivity contribution is -0.145. The Morgan fingerprint density at radius 1 is 0.453 bits per heavy atom. The molecular formula is C96H151N8O10PS2. The zero-order valence-corrected chi connectivity index (χ0v) is 76.7. The molecule has 5 heterocycles. The monoisotopic (exact) mass is 1670 g/mol. The van der Waals surface area contributed by atoms with Crippen molar-refractivity contribution in [2.45, 2.75) is 297 Å². The van der Waals surface area contributed by atoms with Gasteiger partial charge in [0.2, 0.25) is 26.6 Å². The first kappa shape index (κ1) is 99.9. The van der Waals surface area contributed by atoms with Gasteiger partial charge in [-0.2, -0.15) is 8.61 Å². The second kappa shape index (κ2) is 53.7. The molecular weight excluding hydrogens is 1520 g/mol. The molecule has 0 bridgehead atoms. The molecule has 18 nitrogen and oxygen atoms in total. The van der Waals surface area contributed by atoms with Crippen molar-refractivity contribution in [3.05, 3.63) is 167 Å². The summed E-state index contributed by atoms with van der Waals surface area (Å²) in [5.74, 6) is -0.210. The smallest absolute Gasteiger partial charge is 0.307 e. The highest BCUT2D eigenvalue weighted by molar-refractivity contribution is 7.89. The fraction of sp³-hybridized carbons (Fsp3) is 0.646. The number of rotatable bonds is 31. The van der Waals surface area contributed by atoms with Crippen LogP contribution in [0, 0.1) is 32.8 Å². The van der Waals surface area contributed by atoms with E-state index >= 15 is 0 Å². The van der Waals surface area contributed by atoms with E-state index in [9.17, 15) is 35.8 Å². The number of carbonyl (C=O) groups excluding carboxylic acids is 3. The number of ketones is 1. The van der Waals surface area contributed by atoms with Crippen LogP contribution in [0.25, 0.3) is 4.85 Å². The van der Waals surface area contributed by atoms with Crippen LogP contribution in [0.1, 0.15) is 252 Å². The molecule has 5 unspecified atom stereocenters. The summed E-state index contributed by atoms with van der Waals surface area (Å²) in [6.07, 6.45) is 28.9. The normalized spacial score (nSPS) is 20.7. The fourth-order valence-electron chi connectivity index (χ4n) is 16.9. The Kier molecular flexibility index (Phi) is 45.9. The van der Waals surface area contributed by atoms with Gasteiger partial charge < -0.3 is 18.9 Å². The first-order valence-corrected chi connectivity index (χ1v) is 49.7. The third-order valence-corrected chi connectivity index (χ3v) is 30.6. The van der Waals surface area contributed by atoms with Gasteiger partial charge in [0.05, 0.1) is 41.9 Å². The fourth-order valence-corrected chi connectivity index (χ4v) is 22.9. The maximum atomic E-state index is 14.4. The zero-order chi connectivity index (χ0) is 85.1. The van der Waals surface area contributed by atoms with Gasteiger partial charge in [0.15, 0.2) is 0 Å². The summed E-state index contributed by atoms with van der Waals surface area (Å²) in [5, 5.41) is 2.01. The molecule has 0 aliphatic carbocycles. The second-order valence-electron chi connectivity index (χ2n) is 34.1. The SMILES string of the molecule is CCCCN1CC(C)(C)CCCC1CC(C)=O.CCCCN1CCCCCC1CP(=O)(c1ccccc1)c1ccccc1.CCCCN1CCCCN(S(=O)(=O)c2ccc(C)cc2)CC1CC(=O)OCC.CCOC(=O)CC1CN(S(=O)(=O)c2ccc(C)cc2)CCCCN1Cc1ccc(C)cc1.[C-]#[N+]CC1CCCCCN1CCCC. The third-order valence-electron chi connectivity index (χ3n) is 23.7. The van der Waals surface area contributed by atoms with E-state index in [0.717, 1.165) is 124 Å². The van der Waals surface area contributed by atoms with E-state index in [-0.39, 0.29) is 43.4 Å². The molecule has 0 N–H and O–H groups in total. The number of ether oxygens (including phenoxy) is 2. The van der Waals surface area contributed by atoms with Crippen LogP contribution >= 0.6 is 7.14 Å². The molecule has 5 aromatic carbocycles. The zero-order valence-electron chi connectivity index (χ0n) is 74.1. The number of hydrogen-bond acceptors (Lipinski definition) is 15. The molecule has 652 valence electrons. The highest BCUT2D eigenvalue weighted by Gasteiger charge is 2.38. The van der Waals surface area contributed by atoms with E-state index < -0.39 is 27.2 Å². The number of unbranched alkanes of at least 4 members (excludes halogenated alkanes) is 4. The first-order valence-electron chi connectivity index (χ1n) is 45.0. The van der Waals surface area contributed by atoms with Crippen molar-refractivity contribution in [3.8, 4) is 0 Å². The van der Waals surface area contributed by atoms with Crippen molar-refractivity contribution >= 4 is 55.5 Å². The Hall–Kier alpha value is -5.95. The summed E-state index contributed by atoms with van der Waals surface area (Å²) in [4.78, 5) is 52.4. The van der Waals surface area contributed by atoms with Crippen LogP contribution in [0.4, 0.5) is 0 Å². The molecule has 0 radical (unpaired) electrons. The minimum absolute atomic E-state index is 0.161. The lowest BCUT2D eigenvalue weighted by Crippen LogP contribution is -2.49. The van der Waals surface area contributed by atoms with Gasteiger partial charge in [-0.1, -0.05) is 225 Å². The van der Waals surface area contributed by atoms with Gasteiger partial charge in [-0.05, 0) is 219 Å². The van der Waals surface area contributed by atoms with E-state index in [1.807, 2.05) is 74.5 Å². The maximum absolute atomic E-state index is 14.4. The van der Waals surface area contributed by atoms with E-state index in [2.05, 4.69) is 126 Å². The van der Waals surface area contributed by atoms with Crippen LogP contribution in [0.5, 0.6) is 0 Å². The van der Waals surface area contributed by atoms with Crippen molar-refractivity contribution in [1.29, 1.82) is 0 Å². The minimum atomic E-state index is -3.65. The van der Waals surface area contributed by atoms with Crippen LogP contribution in [0.15, 0.2) is 143 Å². The summed E-state index contributed by atoms with van der Waals surface area (Å²) in [6, 6.07) is 43.7. The lowest BCUT2D eigenvalue weighted by atomic mass is 9.88. The molecule has 21 heteroatoms. The number of aryl methyl sites for hydroxylation is 3. The standard InChI is InChI=1S/C25H34N2O4S.C23H32NOP.C21H34N2O4S.C15H29NO.C12H22N2/c1-4-31-25(28)17-23-19-27(32(29,30)24-13-9-21(3)10-14-24)16-6-5-15-26(23)18-22-11-7-20(2)8-12-22;1-2-3-18-24-19-12-6-7-13-21(24)20-26(25,22-14-8-4-9-15-22)23-16-10-5-11-17-23;1-4-6-13-22-14-7-8-15-23(17-19(22)16-21(24)27-5-2)28(25,26)20-11-9-18(3)10-12-20;1-5-6-10-16-12-15(3,4)9-7-8-14(16)11-13(2)17;1-3-4-9-14-10-7-5-6-8-12(14)11-13-2/h7-14,23H,4-6,15-19H2,1-3H3;4-5,8-11,14-17,21H,2-3,6-7,12-13,18-20H2,1H3;9-12,19H,4-8,13-17H2,1-3H3;14H,5-12H2,1-4H3;12H,3-11H2,1H3. The molecule has 5 aromatic rings. The number of carbonyl (C=O) groups is 3. The molecule has 0 saturated carbocycles. The average molecular weight is 1670 g/mol. The molecule has 5 aliphatic rings. The molecule has 5 aliphatic heterocycles. The Labute approximate surface area is 709 Å². The van der Waals surface area contributed by atoms with Crippen molar-refractivity contribution in [2.24, 2.45) is 5.41 Å². The van der Waals surface area contributed by atoms with Crippen molar-refractivity contribution in [2.75, 3.05) is 111 Å². The number of Topliss-reactive ketones (excluding diaryl/α,β-unsaturated/α-hetero) is 1. The molecule has 5 atom stereocenters. The molecule has 10 rings (SSSR count). The van der Waals surface area contributed by atoms with Gasteiger partial charge in [0.25, 0.3) is 0 Å². The highest BCUT2D eigenvalue weighted by Crippen LogP contribution is 2.46. The lowest BCUT2D eigenvalue weighted by Gasteiger charge is -2.37. The molecule has 5 saturated heterocycles. The van der Waals surface area contributed by atoms with Gasteiger partial charge >= 0.3 is 11.9 Å². The third kappa shape index (κ3) is 34.8. The molecule has 0 aromatic heterocycles. The Balaban J connectivity index is 0.000000233. The molecule has 0 amide bonds. The predicted octanol–water partition coefficient (Wildman–Crippen LogP) is 18.8. The summed E-state index contributed by atoms with van der Waals surface area (Å²) in [6.45, 7) is 45.0. The highest BCUT2D eigenvalue weighted by atomic mass is 32.2. The van der Waals surface area contributed by atoms with E-state index in [1.165, 1.54) is 128 Å². The Morgan fingerprint density at radius 3 is 1.26 bits per heavy atom.